The Morgan fingerprint density at radius 1 is 0.970 bits per heavy atom. The maximum Gasteiger partial charge on any atom is 0.344 e. The third kappa shape index (κ3) is 6.75. The van der Waals surface area contributed by atoms with Crippen molar-refractivity contribution in [1.82, 2.24) is 5.43 Å². The number of carbonyl (C=O) groups excluding carboxylic acids is 3. The van der Waals surface area contributed by atoms with Crippen LogP contribution in [0, 0.1) is 0 Å². The van der Waals surface area contributed by atoms with Crippen LogP contribution in [-0.4, -0.2) is 30.6 Å². The number of anilines is 1. The van der Waals surface area contributed by atoms with Gasteiger partial charge in [-0.3, -0.25) is 9.59 Å². The smallest absolute Gasteiger partial charge is 0.344 e. The first-order valence-electron chi connectivity index (χ1n) is 9.91. The standard InChI is InChI=1S/C24H20BrN3O5/c1-2-32-21-13-6-5-12-20(21)27-22(29)23(30)28-26-15-16-8-7-9-17(14-16)33-24(31)18-10-3-4-11-19(18)25/h3-15H,2H2,1H3,(H,27,29)(H,28,30). The molecule has 3 aromatic carbocycles. The molecule has 33 heavy (non-hydrogen) atoms. The summed E-state index contributed by atoms with van der Waals surface area (Å²) in [6.07, 6.45) is 1.33. The molecule has 0 aliphatic heterocycles. The van der Waals surface area contributed by atoms with Crippen LogP contribution >= 0.6 is 15.9 Å². The molecule has 0 fully saturated rings. The molecular formula is C24H20BrN3O5. The van der Waals surface area contributed by atoms with Gasteiger partial charge in [0.2, 0.25) is 0 Å². The summed E-state index contributed by atoms with van der Waals surface area (Å²) in [4.78, 5) is 36.5. The first-order chi connectivity index (χ1) is 16.0. The molecular weight excluding hydrogens is 490 g/mol. The molecule has 0 aliphatic carbocycles. The van der Waals surface area contributed by atoms with Crippen LogP contribution in [0.2, 0.25) is 0 Å². The summed E-state index contributed by atoms with van der Waals surface area (Å²) in [5.74, 6) is -1.60. The Hall–Kier alpha value is -3.98. The number of hydrazone groups is 1. The van der Waals surface area contributed by atoms with Gasteiger partial charge in [0, 0.05) is 4.47 Å². The molecule has 0 saturated carbocycles. The zero-order chi connectivity index (χ0) is 23.6. The summed E-state index contributed by atoms with van der Waals surface area (Å²) in [6, 6.07) is 20.3. The number of esters is 1. The second-order valence-corrected chi connectivity index (χ2v) is 7.38. The number of ether oxygens (including phenoxy) is 2. The molecule has 3 aromatic rings. The van der Waals surface area contributed by atoms with Crippen molar-refractivity contribution in [1.29, 1.82) is 0 Å². The lowest BCUT2D eigenvalue weighted by Crippen LogP contribution is -2.32. The zero-order valence-electron chi connectivity index (χ0n) is 17.6. The number of hydrogen-bond acceptors (Lipinski definition) is 6. The minimum absolute atomic E-state index is 0.302. The van der Waals surface area contributed by atoms with Crippen molar-refractivity contribution in [2.24, 2.45) is 5.10 Å². The Kier molecular flexibility index (Phi) is 8.31. The number of carbonyl (C=O) groups is 3. The summed E-state index contributed by atoms with van der Waals surface area (Å²) >= 11 is 3.31. The van der Waals surface area contributed by atoms with E-state index in [1.165, 1.54) is 6.21 Å². The van der Waals surface area contributed by atoms with E-state index in [0.29, 0.717) is 39.4 Å². The minimum atomic E-state index is -0.950. The van der Waals surface area contributed by atoms with Gasteiger partial charge in [-0.15, -0.1) is 0 Å². The molecule has 3 rings (SSSR count). The first-order valence-corrected chi connectivity index (χ1v) is 10.7. The van der Waals surface area contributed by atoms with Gasteiger partial charge in [0.1, 0.15) is 11.5 Å². The Labute approximate surface area is 198 Å². The zero-order valence-corrected chi connectivity index (χ0v) is 19.2. The average Bonchev–Trinajstić information content (AvgIpc) is 2.81. The second kappa shape index (κ2) is 11.6. The molecule has 0 bridgehead atoms. The lowest BCUT2D eigenvalue weighted by atomic mass is 10.2. The minimum Gasteiger partial charge on any atom is -0.492 e. The highest BCUT2D eigenvalue weighted by Crippen LogP contribution is 2.23. The normalized spacial score (nSPS) is 10.5. The number of nitrogens with one attached hydrogen (secondary N) is 2. The van der Waals surface area contributed by atoms with Crippen LogP contribution in [0.25, 0.3) is 0 Å². The van der Waals surface area contributed by atoms with Gasteiger partial charge >= 0.3 is 17.8 Å². The van der Waals surface area contributed by atoms with Crippen LogP contribution in [0.3, 0.4) is 0 Å². The van der Waals surface area contributed by atoms with Gasteiger partial charge in [-0.1, -0.05) is 36.4 Å². The molecule has 0 radical (unpaired) electrons. The number of para-hydroxylation sites is 2. The van der Waals surface area contributed by atoms with Crippen molar-refractivity contribution in [2.75, 3.05) is 11.9 Å². The topological polar surface area (TPSA) is 106 Å². The predicted molar refractivity (Wildman–Crippen MR) is 128 cm³/mol. The van der Waals surface area contributed by atoms with E-state index in [-0.39, 0.29) is 0 Å². The largest absolute Gasteiger partial charge is 0.492 e. The van der Waals surface area contributed by atoms with Gasteiger partial charge in [0.05, 0.1) is 24.1 Å². The SMILES string of the molecule is CCOc1ccccc1NC(=O)C(=O)NN=Cc1cccc(OC(=O)c2ccccc2Br)c1. The molecule has 0 spiro atoms. The van der Waals surface area contributed by atoms with E-state index >= 15 is 0 Å². The summed E-state index contributed by atoms with van der Waals surface area (Å²) in [5.41, 5.74) is 3.48. The van der Waals surface area contributed by atoms with Gasteiger partial charge in [0.25, 0.3) is 0 Å². The van der Waals surface area contributed by atoms with Crippen molar-refractivity contribution in [3.8, 4) is 11.5 Å². The molecule has 168 valence electrons. The lowest BCUT2D eigenvalue weighted by molar-refractivity contribution is -0.136. The van der Waals surface area contributed by atoms with Gasteiger partial charge in [-0.05, 0) is 64.8 Å². The summed E-state index contributed by atoms with van der Waals surface area (Å²) in [5, 5.41) is 6.27. The van der Waals surface area contributed by atoms with Crippen molar-refractivity contribution < 1.29 is 23.9 Å². The number of amides is 2. The molecule has 0 atom stereocenters. The van der Waals surface area contributed by atoms with Crippen LogP contribution < -0.4 is 20.2 Å². The fourth-order valence-corrected chi connectivity index (χ4v) is 3.14. The lowest BCUT2D eigenvalue weighted by Gasteiger charge is -2.10. The summed E-state index contributed by atoms with van der Waals surface area (Å²) in [6.45, 7) is 2.23. The van der Waals surface area contributed by atoms with E-state index in [1.807, 2.05) is 6.92 Å². The van der Waals surface area contributed by atoms with E-state index in [4.69, 9.17) is 9.47 Å². The highest BCUT2D eigenvalue weighted by molar-refractivity contribution is 9.10. The van der Waals surface area contributed by atoms with Gasteiger partial charge in [-0.2, -0.15) is 5.10 Å². The van der Waals surface area contributed by atoms with E-state index < -0.39 is 17.8 Å². The first kappa shape index (κ1) is 23.7. The van der Waals surface area contributed by atoms with Crippen molar-refractivity contribution in [2.45, 2.75) is 6.92 Å². The van der Waals surface area contributed by atoms with Gasteiger partial charge < -0.3 is 14.8 Å². The van der Waals surface area contributed by atoms with Crippen molar-refractivity contribution in [3.05, 3.63) is 88.4 Å². The average molecular weight is 510 g/mol. The van der Waals surface area contributed by atoms with E-state index in [0.717, 1.165) is 0 Å². The molecule has 0 aliphatic rings. The van der Waals surface area contributed by atoms with Crippen LogP contribution in [0.5, 0.6) is 11.5 Å². The third-order valence-electron chi connectivity index (χ3n) is 4.18. The predicted octanol–water partition coefficient (Wildman–Crippen LogP) is 4.16. The second-order valence-electron chi connectivity index (χ2n) is 6.52. The van der Waals surface area contributed by atoms with E-state index in [1.54, 1.807) is 72.8 Å². The summed E-state index contributed by atoms with van der Waals surface area (Å²) in [7, 11) is 0. The third-order valence-corrected chi connectivity index (χ3v) is 4.87. The number of rotatable bonds is 7. The van der Waals surface area contributed by atoms with E-state index in [2.05, 4.69) is 31.8 Å². The molecule has 0 heterocycles. The maximum atomic E-state index is 12.3. The Balaban J connectivity index is 1.58. The molecule has 2 N–H and O–H groups in total. The van der Waals surface area contributed by atoms with Crippen LogP contribution in [0.4, 0.5) is 5.69 Å². The Morgan fingerprint density at radius 2 is 1.73 bits per heavy atom. The van der Waals surface area contributed by atoms with Crippen LogP contribution in [-0.2, 0) is 9.59 Å². The van der Waals surface area contributed by atoms with Crippen molar-refractivity contribution in [3.63, 3.8) is 0 Å². The molecule has 8 nitrogen and oxygen atoms in total. The van der Waals surface area contributed by atoms with Crippen LogP contribution in [0.1, 0.15) is 22.8 Å². The van der Waals surface area contributed by atoms with Gasteiger partial charge in [-0.25, -0.2) is 10.2 Å². The monoisotopic (exact) mass is 509 g/mol. The fourth-order valence-electron chi connectivity index (χ4n) is 2.69. The highest BCUT2D eigenvalue weighted by atomic mass is 79.9. The molecule has 2 amide bonds. The quantitative estimate of drug-likeness (QED) is 0.163. The van der Waals surface area contributed by atoms with E-state index in [9.17, 15) is 14.4 Å². The number of nitrogens with zero attached hydrogens (tertiary/aromatic N) is 1. The van der Waals surface area contributed by atoms with Crippen LogP contribution in [0.15, 0.2) is 82.4 Å². The Morgan fingerprint density at radius 3 is 2.52 bits per heavy atom. The maximum absolute atomic E-state index is 12.3. The molecule has 0 unspecified atom stereocenters. The molecule has 0 saturated heterocycles. The molecule has 9 heteroatoms. The number of hydrogen-bond donors (Lipinski definition) is 2. The number of benzene rings is 3. The fraction of sp³-hybridized carbons (Fsp3) is 0.0833. The highest BCUT2D eigenvalue weighted by Gasteiger charge is 2.15. The number of halogens is 1. The summed E-state index contributed by atoms with van der Waals surface area (Å²) < 4.78 is 11.4. The van der Waals surface area contributed by atoms with Gasteiger partial charge in [0.15, 0.2) is 0 Å². The Bertz CT molecular complexity index is 1200. The molecule has 0 aromatic heterocycles. The van der Waals surface area contributed by atoms with Crippen molar-refractivity contribution >= 4 is 45.6 Å².